The van der Waals surface area contributed by atoms with E-state index in [2.05, 4.69) is 10.2 Å². The summed E-state index contributed by atoms with van der Waals surface area (Å²) < 4.78 is 26.6. The van der Waals surface area contributed by atoms with Crippen molar-refractivity contribution in [1.29, 1.82) is 0 Å². The fraction of sp³-hybridized carbons (Fsp3) is 0.643. The summed E-state index contributed by atoms with van der Waals surface area (Å²) in [7, 11) is 0.489. The highest BCUT2D eigenvalue weighted by molar-refractivity contribution is 7.91. The number of amides is 1. The van der Waals surface area contributed by atoms with Crippen LogP contribution in [0.2, 0.25) is 0 Å². The van der Waals surface area contributed by atoms with E-state index < -0.39 is 15.9 Å². The smallest absolute Gasteiger partial charge is 0.247 e. The minimum atomic E-state index is -3.02. The van der Waals surface area contributed by atoms with E-state index in [4.69, 9.17) is 0 Å². The number of carbonyl (C=O) groups excluding carboxylic acids is 1. The molecule has 0 bridgehead atoms. The summed E-state index contributed by atoms with van der Waals surface area (Å²) in [6, 6.07) is -0.738. The molecule has 23 heavy (non-hydrogen) atoms. The topological polar surface area (TPSA) is 90.1 Å². The molecule has 1 amide bonds. The van der Waals surface area contributed by atoms with Crippen LogP contribution in [0.15, 0.2) is 6.20 Å². The quantitative estimate of drug-likeness (QED) is 0.801. The molecule has 0 radical (unpaired) electrons. The van der Waals surface area contributed by atoms with Crippen molar-refractivity contribution in [2.75, 3.05) is 18.6 Å². The number of aryl methyl sites for hydroxylation is 2. The molecule has 2 aromatic rings. The summed E-state index contributed by atoms with van der Waals surface area (Å²) in [6.45, 7) is 3.65. The second-order valence-corrected chi connectivity index (χ2v) is 8.46. The monoisotopic (exact) mass is 339 g/mol. The summed E-state index contributed by atoms with van der Waals surface area (Å²) in [6.07, 6.45) is 2.30. The van der Waals surface area contributed by atoms with Crippen molar-refractivity contribution in [3.05, 3.63) is 11.9 Å². The Labute approximate surface area is 135 Å². The van der Waals surface area contributed by atoms with E-state index in [1.54, 1.807) is 34.4 Å². The second-order valence-electron chi connectivity index (χ2n) is 6.23. The van der Waals surface area contributed by atoms with Gasteiger partial charge in [-0.1, -0.05) is 0 Å². The van der Waals surface area contributed by atoms with Gasteiger partial charge in [0.25, 0.3) is 0 Å². The molecule has 0 saturated carbocycles. The number of likely N-dealkylation sites (N-methyl/N-ethyl adjacent to an activating group) is 1. The number of carbonyl (C=O) groups is 1. The van der Waals surface area contributed by atoms with E-state index in [1.807, 2.05) is 14.0 Å². The summed E-state index contributed by atoms with van der Waals surface area (Å²) in [5.41, 5.74) is 2.46. The lowest BCUT2D eigenvalue weighted by Gasteiger charge is -2.26. The van der Waals surface area contributed by atoms with Crippen molar-refractivity contribution in [1.82, 2.24) is 24.5 Å². The molecule has 3 heterocycles. The van der Waals surface area contributed by atoms with Crippen molar-refractivity contribution >= 4 is 26.8 Å². The number of aromatic nitrogens is 4. The van der Waals surface area contributed by atoms with Gasteiger partial charge in [-0.15, -0.1) is 0 Å². The van der Waals surface area contributed by atoms with Crippen molar-refractivity contribution < 1.29 is 13.2 Å². The van der Waals surface area contributed by atoms with Gasteiger partial charge in [-0.05, 0) is 20.3 Å². The van der Waals surface area contributed by atoms with Gasteiger partial charge < -0.3 is 4.90 Å². The Hall–Kier alpha value is -1.90. The Balaban J connectivity index is 1.82. The molecule has 1 saturated heterocycles. The predicted molar refractivity (Wildman–Crippen MR) is 85.8 cm³/mol. The zero-order valence-electron chi connectivity index (χ0n) is 13.7. The lowest BCUT2D eigenvalue weighted by atomic mass is 10.2. The first kappa shape index (κ1) is 16.0. The molecule has 0 spiro atoms. The SMILES string of the molecule is Cc1nn(C)c2cn(C(C)C(=O)N(C)C3CCS(=O)(=O)C3)nc12. The Bertz CT molecular complexity index is 832. The normalized spacial score (nSPS) is 21.7. The maximum Gasteiger partial charge on any atom is 0.247 e. The first-order valence-electron chi connectivity index (χ1n) is 7.55. The van der Waals surface area contributed by atoms with Crippen molar-refractivity contribution in [3.63, 3.8) is 0 Å². The molecule has 2 unspecified atom stereocenters. The van der Waals surface area contributed by atoms with Crippen LogP contribution in [-0.4, -0.2) is 63.4 Å². The fourth-order valence-corrected chi connectivity index (χ4v) is 4.84. The van der Waals surface area contributed by atoms with Crippen LogP contribution in [0.25, 0.3) is 11.0 Å². The van der Waals surface area contributed by atoms with Gasteiger partial charge >= 0.3 is 0 Å². The molecule has 1 aliphatic rings. The van der Waals surface area contributed by atoms with E-state index in [1.165, 1.54) is 0 Å². The van der Waals surface area contributed by atoms with Gasteiger partial charge in [-0.25, -0.2) is 8.42 Å². The zero-order chi connectivity index (χ0) is 16.9. The maximum absolute atomic E-state index is 12.7. The van der Waals surface area contributed by atoms with Crippen LogP contribution in [0, 0.1) is 6.92 Å². The molecule has 0 aliphatic carbocycles. The van der Waals surface area contributed by atoms with Gasteiger partial charge in [0, 0.05) is 20.1 Å². The standard InChI is InChI=1S/C14H21N5O3S/c1-9-13-12(18(4)15-9)7-19(16-13)10(2)14(20)17(3)11-5-6-23(21,22)8-11/h7,10-11H,5-6,8H2,1-4H3. The minimum absolute atomic E-state index is 0.0477. The molecule has 1 fully saturated rings. The van der Waals surface area contributed by atoms with E-state index in [0.717, 1.165) is 16.7 Å². The molecule has 126 valence electrons. The molecule has 3 rings (SSSR count). The van der Waals surface area contributed by atoms with E-state index >= 15 is 0 Å². The Morgan fingerprint density at radius 1 is 1.43 bits per heavy atom. The van der Waals surface area contributed by atoms with Crippen LogP contribution in [-0.2, 0) is 21.7 Å². The van der Waals surface area contributed by atoms with Gasteiger partial charge in [0.05, 0.1) is 23.4 Å². The van der Waals surface area contributed by atoms with E-state index in [9.17, 15) is 13.2 Å². The van der Waals surface area contributed by atoms with E-state index in [-0.39, 0.29) is 23.5 Å². The summed E-state index contributed by atoms with van der Waals surface area (Å²) >= 11 is 0. The highest BCUT2D eigenvalue weighted by Gasteiger charge is 2.34. The summed E-state index contributed by atoms with van der Waals surface area (Å²) in [5, 5.41) is 8.75. The van der Waals surface area contributed by atoms with Crippen LogP contribution in [0.5, 0.6) is 0 Å². The number of sulfone groups is 1. The Kier molecular flexibility index (Phi) is 3.70. The average Bonchev–Trinajstić information content (AvgIpc) is 3.14. The highest BCUT2D eigenvalue weighted by atomic mass is 32.2. The molecular weight excluding hydrogens is 318 g/mol. The molecule has 8 nitrogen and oxygen atoms in total. The van der Waals surface area contributed by atoms with Crippen LogP contribution in [0.3, 0.4) is 0 Å². The maximum atomic E-state index is 12.7. The minimum Gasteiger partial charge on any atom is -0.340 e. The predicted octanol–water partition coefficient (Wildman–Crippen LogP) is 0.285. The third kappa shape index (κ3) is 2.73. The lowest BCUT2D eigenvalue weighted by Crippen LogP contribution is -2.41. The first-order chi connectivity index (χ1) is 10.7. The molecule has 0 N–H and O–H groups in total. The third-order valence-electron chi connectivity index (χ3n) is 4.56. The second kappa shape index (κ2) is 5.33. The van der Waals surface area contributed by atoms with Crippen LogP contribution in [0.1, 0.15) is 25.1 Å². The summed E-state index contributed by atoms with van der Waals surface area (Å²) in [5.74, 6) is 0.0669. The number of hydrogen-bond acceptors (Lipinski definition) is 5. The number of rotatable bonds is 3. The van der Waals surface area contributed by atoms with Crippen LogP contribution in [0.4, 0.5) is 0 Å². The average molecular weight is 339 g/mol. The highest BCUT2D eigenvalue weighted by Crippen LogP contribution is 2.22. The third-order valence-corrected chi connectivity index (χ3v) is 6.31. The number of hydrogen-bond donors (Lipinski definition) is 0. The van der Waals surface area contributed by atoms with Crippen molar-refractivity contribution in [3.8, 4) is 0 Å². The fourth-order valence-electron chi connectivity index (χ4n) is 3.07. The van der Waals surface area contributed by atoms with Crippen LogP contribution < -0.4 is 0 Å². The van der Waals surface area contributed by atoms with E-state index in [0.29, 0.717) is 6.42 Å². The molecule has 1 aliphatic heterocycles. The number of fused-ring (bicyclic) bond motifs is 1. The van der Waals surface area contributed by atoms with Gasteiger partial charge in [-0.3, -0.25) is 14.2 Å². The van der Waals surface area contributed by atoms with Crippen LogP contribution >= 0.6 is 0 Å². The van der Waals surface area contributed by atoms with Gasteiger partial charge in [0.1, 0.15) is 17.1 Å². The Morgan fingerprint density at radius 3 is 2.70 bits per heavy atom. The largest absolute Gasteiger partial charge is 0.340 e. The molecular formula is C14H21N5O3S. The molecule has 2 aromatic heterocycles. The lowest BCUT2D eigenvalue weighted by molar-refractivity contribution is -0.134. The Morgan fingerprint density at radius 2 is 2.13 bits per heavy atom. The van der Waals surface area contributed by atoms with Crippen molar-refractivity contribution in [2.45, 2.75) is 32.4 Å². The molecule has 0 aromatic carbocycles. The zero-order valence-corrected chi connectivity index (χ0v) is 14.5. The summed E-state index contributed by atoms with van der Waals surface area (Å²) in [4.78, 5) is 14.2. The van der Waals surface area contributed by atoms with Gasteiger partial charge in [0.2, 0.25) is 5.91 Å². The number of nitrogens with zero attached hydrogens (tertiary/aromatic N) is 5. The molecule has 2 atom stereocenters. The van der Waals surface area contributed by atoms with Gasteiger partial charge in [-0.2, -0.15) is 10.2 Å². The van der Waals surface area contributed by atoms with Gasteiger partial charge in [0.15, 0.2) is 9.84 Å². The molecule has 9 heteroatoms. The first-order valence-corrected chi connectivity index (χ1v) is 9.37. The van der Waals surface area contributed by atoms with Crippen molar-refractivity contribution in [2.24, 2.45) is 7.05 Å².